The lowest BCUT2D eigenvalue weighted by molar-refractivity contribution is 0.0966. The first-order chi connectivity index (χ1) is 16.8. The number of amides is 3. The molecule has 2 aromatic heterocycles. The second kappa shape index (κ2) is 12.8. The smallest absolute Gasteiger partial charge is 0.326 e. The maximum atomic E-state index is 13.7. The predicted molar refractivity (Wildman–Crippen MR) is 142 cm³/mol. The number of urea groups is 1. The van der Waals surface area contributed by atoms with Crippen LogP contribution in [-0.2, 0) is 10.8 Å². The van der Waals surface area contributed by atoms with E-state index in [0.717, 1.165) is 12.5 Å². The Kier molecular flexibility index (Phi) is 10.7. The van der Waals surface area contributed by atoms with Gasteiger partial charge >= 0.3 is 6.03 Å². The number of aryl methyl sites for hydroxylation is 1. The van der Waals surface area contributed by atoms with Gasteiger partial charge < -0.3 is 14.5 Å². The zero-order valence-corrected chi connectivity index (χ0v) is 23.9. The monoisotopic (exact) mass is 558 g/mol. The van der Waals surface area contributed by atoms with Gasteiger partial charge in [0.25, 0.3) is 5.91 Å². The van der Waals surface area contributed by atoms with Crippen LogP contribution in [0.25, 0.3) is 0 Å². The lowest BCUT2D eigenvalue weighted by Gasteiger charge is -2.36. The SMILES string of the molecule is CCCc1nccc(OCCCO[Si](C)(C)C(C)(C)C)c1NC(=O)NC(=O)c1cc(F)c(Cl)nc1Cl. The fourth-order valence-electron chi connectivity index (χ4n) is 2.87. The number of nitrogens with zero attached hydrogens (tertiary/aromatic N) is 2. The number of carbonyl (C=O) groups excluding carboxylic acids is 2. The van der Waals surface area contributed by atoms with Crippen molar-refractivity contribution in [3.05, 3.63) is 45.7 Å². The van der Waals surface area contributed by atoms with Gasteiger partial charge in [0.1, 0.15) is 16.6 Å². The highest BCUT2D eigenvalue weighted by Gasteiger charge is 2.36. The highest BCUT2D eigenvalue weighted by molar-refractivity contribution is 6.74. The molecule has 2 heterocycles. The Morgan fingerprint density at radius 2 is 1.86 bits per heavy atom. The van der Waals surface area contributed by atoms with Gasteiger partial charge in [-0.25, -0.2) is 14.2 Å². The van der Waals surface area contributed by atoms with Crippen LogP contribution in [0.3, 0.4) is 0 Å². The van der Waals surface area contributed by atoms with E-state index in [4.69, 9.17) is 32.4 Å². The number of carbonyl (C=O) groups is 2. The summed E-state index contributed by atoms with van der Waals surface area (Å²) in [6.07, 6.45) is 3.61. The van der Waals surface area contributed by atoms with Crippen molar-refractivity contribution in [2.24, 2.45) is 0 Å². The number of pyridine rings is 2. The molecule has 0 spiro atoms. The summed E-state index contributed by atoms with van der Waals surface area (Å²) >= 11 is 11.4. The van der Waals surface area contributed by atoms with Gasteiger partial charge in [0.15, 0.2) is 19.3 Å². The van der Waals surface area contributed by atoms with Crippen molar-refractivity contribution in [2.75, 3.05) is 18.5 Å². The van der Waals surface area contributed by atoms with E-state index in [0.29, 0.717) is 43.2 Å². The second-order valence-corrected chi connectivity index (χ2v) is 15.2. The minimum Gasteiger partial charge on any atom is -0.491 e. The minimum atomic E-state index is -1.85. The average molecular weight is 560 g/mol. The lowest BCUT2D eigenvalue weighted by Crippen LogP contribution is -2.41. The zero-order chi connectivity index (χ0) is 27.1. The molecule has 0 aromatic carbocycles. The molecule has 0 atom stereocenters. The number of hydrogen-bond donors (Lipinski definition) is 2. The first-order valence-electron chi connectivity index (χ1n) is 11.6. The molecule has 8 nitrogen and oxygen atoms in total. The summed E-state index contributed by atoms with van der Waals surface area (Å²) in [7, 11) is -1.85. The fraction of sp³-hybridized carbons (Fsp3) is 0.500. The van der Waals surface area contributed by atoms with Crippen LogP contribution < -0.4 is 15.4 Å². The van der Waals surface area contributed by atoms with Crippen LogP contribution in [0.4, 0.5) is 14.9 Å². The van der Waals surface area contributed by atoms with Crippen molar-refractivity contribution in [3.8, 4) is 5.75 Å². The molecule has 0 unspecified atom stereocenters. The number of rotatable bonds is 10. The molecule has 36 heavy (non-hydrogen) atoms. The van der Waals surface area contributed by atoms with E-state index in [9.17, 15) is 14.0 Å². The normalized spacial score (nSPS) is 11.8. The summed E-state index contributed by atoms with van der Waals surface area (Å²) in [6.45, 7) is 13.8. The van der Waals surface area contributed by atoms with E-state index in [1.807, 2.05) is 6.92 Å². The van der Waals surface area contributed by atoms with Crippen LogP contribution in [0.2, 0.25) is 28.4 Å². The van der Waals surface area contributed by atoms with Crippen molar-refractivity contribution in [3.63, 3.8) is 0 Å². The van der Waals surface area contributed by atoms with Crippen LogP contribution in [0.15, 0.2) is 18.3 Å². The number of nitrogens with one attached hydrogen (secondary N) is 2. The standard InChI is InChI=1S/C24H33Cl2FN4O4Si/c1-7-9-17-19(29-23(33)31-22(32)15-14-16(27)21(26)30-20(15)25)18(10-11-28-17)34-12-8-13-35-36(5,6)24(2,3)4/h10-11,14H,7-9,12-13H2,1-6H3,(H2,29,31,32,33). The molecule has 2 rings (SSSR count). The Morgan fingerprint density at radius 1 is 1.17 bits per heavy atom. The summed E-state index contributed by atoms with van der Waals surface area (Å²) < 4.78 is 25.8. The van der Waals surface area contributed by atoms with Crippen LogP contribution in [-0.4, -0.2) is 43.4 Å². The molecule has 0 saturated carbocycles. The highest BCUT2D eigenvalue weighted by Crippen LogP contribution is 2.36. The Hall–Kier alpha value is -2.27. The predicted octanol–water partition coefficient (Wildman–Crippen LogP) is 6.63. The van der Waals surface area contributed by atoms with Crippen molar-refractivity contribution in [2.45, 2.75) is 65.1 Å². The van der Waals surface area contributed by atoms with Gasteiger partial charge in [-0.15, -0.1) is 0 Å². The Bertz CT molecular complexity index is 1100. The summed E-state index contributed by atoms with van der Waals surface area (Å²) in [6, 6.07) is 1.59. The Balaban J connectivity index is 2.07. The van der Waals surface area contributed by atoms with Crippen molar-refractivity contribution in [1.82, 2.24) is 15.3 Å². The fourth-order valence-corrected chi connectivity index (χ4v) is 4.37. The van der Waals surface area contributed by atoms with Gasteiger partial charge in [-0.2, -0.15) is 0 Å². The summed E-state index contributed by atoms with van der Waals surface area (Å²) in [4.78, 5) is 33.0. The average Bonchev–Trinajstić information content (AvgIpc) is 2.77. The molecule has 0 aliphatic carbocycles. The van der Waals surface area contributed by atoms with Crippen molar-refractivity contribution < 1.29 is 23.1 Å². The summed E-state index contributed by atoms with van der Waals surface area (Å²) in [5.41, 5.74) is 0.626. The second-order valence-electron chi connectivity index (χ2n) is 9.70. The Labute approximate surface area is 222 Å². The van der Waals surface area contributed by atoms with Crippen molar-refractivity contribution in [1.29, 1.82) is 0 Å². The molecule has 12 heteroatoms. The molecule has 0 saturated heterocycles. The third-order valence-corrected chi connectivity index (χ3v) is 11.0. The third kappa shape index (κ3) is 8.12. The topological polar surface area (TPSA) is 102 Å². The molecular formula is C24H33Cl2FN4O4Si. The zero-order valence-electron chi connectivity index (χ0n) is 21.4. The summed E-state index contributed by atoms with van der Waals surface area (Å²) in [5, 5.41) is 4.06. The Morgan fingerprint density at radius 3 is 2.50 bits per heavy atom. The van der Waals surface area contributed by atoms with E-state index in [1.54, 1.807) is 12.3 Å². The summed E-state index contributed by atoms with van der Waals surface area (Å²) in [5.74, 6) is -1.45. The molecular weight excluding hydrogens is 526 g/mol. The molecule has 3 amide bonds. The quantitative estimate of drug-likeness (QED) is 0.193. The van der Waals surface area contributed by atoms with Gasteiger partial charge in [0.2, 0.25) is 0 Å². The molecule has 2 aromatic rings. The number of anilines is 1. The van der Waals surface area contributed by atoms with Crippen LogP contribution >= 0.6 is 23.2 Å². The third-order valence-electron chi connectivity index (χ3n) is 5.89. The highest BCUT2D eigenvalue weighted by atomic mass is 35.5. The van der Waals surface area contributed by atoms with E-state index in [-0.39, 0.29) is 15.8 Å². The van der Waals surface area contributed by atoms with Crippen LogP contribution in [0.5, 0.6) is 5.75 Å². The molecule has 198 valence electrons. The van der Waals surface area contributed by atoms with E-state index < -0.39 is 31.2 Å². The van der Waals surface area contributed by atoms with Gasteiger partial charge in [-0.05, 0) is 30.6 Å². The van der Waals surface area contributed by atoms with Crippen LogP contribution in [0, 0.1) is 5.82 Å². The largest absolute Gasteiger partial charge is 0.491 e. The van der Waals surface area contributed by atoms with Gasteiger partial charge in [-0.1, -0.05) is 57.3 Å². The first-order valence-corrected chi connectivity index (χ1v) is 15.3. The van der Waals surface area contributed by atoms with Crippen molar-refractivity contribution >= 4 is 49.1 Å². The molecule has 0 radical (unpaired) electrons. The minimum absolute atomic E-state index is 0.119. The number of halogens is 3. The number of aromatic nitrogens is 2. The molecule has 0 fully saturated rings. The maximum absolute atomic E-state index is 13.7. The lowest BCUT2D eigenvalue weighted by atomic mass is 10.2. The molecule has 0 bridgehead atoms. The molecule has 2 N–H and O–H groups in total. The van der Waals surface area contributed by atoms with E-state index in [1.165, 1.54) is 0 Å². The van der Waals surface area contributed by atoms with E-state index >= 15 is 0 Å². The number of hydrogen-bond acceptors (Lipinski definition) is 6. The van der Waals surface area contributed by atoms with Gasteiger partial charge in [0.05, 0.1) is 17.9 Å². The molecule has 0 aliphatic heterocycles. The van der Waals surface area contributed by atoms with E-state index in [2.05, 4.69) is 54.5 Å². The van der Waals surface area contributed by atoms with Gasteiger partial charge in [-0.3, -0.25) is 15.1 Å². The molecule has 0 aliphatic rings. The number of imide groups is 1. The maximum Gasteiger partial charge on any atom is 0.326 e. The van der Waals surface area contributed by atoms with Gasteiger partial charge in [0, 0.05) is 25.3 Å². The number of ether oxygens (including phenoxy) is 1. The first kappa shape index (κ1) is 30.0. The van der Waals surface area contributed by atoms with Crippen LogP contribution in [0.1, 0.15) is 56.6 Å².